The molecule has 0 spiro atoms. The molecule has 0 saturated heterocycles. The molecule has 0 fully saturated rings. The van der Waals surface area contributed by atoms with E-state index in [0.29, 0.717) is 0 Å². The molecule has 5 nitrogen and oxygen atoms in total. The van der Waals surface area contributed by atoms with Crippen LogP contribution in [0.25, 0.3) is 0 Å². The maximum atomic E-state index is 11.2. The highest BCUT2D eigenvalue weighted by Crippen LogP contribution is 2.04. The molecule has 80 valence electrons. The zero-order chi connectivity index (χ0) is 11.3. The summed E-state index contributed by atoms with van der Waals surface area (Å²) < 4.78 is 0. The summed E-state index contributed by atoms with van der Waals surface area (Å²) in [5.41, 5.74) is 1.94. The average molecular weight is 209 g/mol. The molecule has 0 aliphatic heterocycles. The summed E-state index contributed by atoms with van der Waals surface area (Å²) in [6, 6.07) is 7.41. The van der Waals surface area contributed by atoms with E-state index in [1.165, 1.54) is 0 Å². The largest absolute Gasteiger partial charge is 0.306 e. The van der Waals surface area contributed by atoms with Crippen LogP contribution >= 0.6 is 0 Å². The van der Waals surface area contributed by atoms with Crippen molar-refractivity contribution in [3.63, 3.8) is 0 Å². The van der Waals surface area contributed by atoms with Gasteiger partial charge >= 0.3 is 0 Å². The zero-order valence-electron chi connectivity index (χ0n) is 8.30. The smallest absolute Gasteiger partial charge is 0.294 e. The Morgan fingerprint density at radius 1 is 1.40 bits per heavy atom. The molecule has 1 aromatic carbocycles. The fourth-order valence-electron chi connectivity index (χ4n) is 1.11. The first-order chi connectivity index (χ1) is 7.08. The molecule has 1 aromatic rings. The van der Waals surface area contributed by atoms with E-state index in [1.54, 1.807) is 0 Å². The predicted molar refractivity (Wildman–Crippen MR) is 52.8 cm³/mol. The van der Waals surface area contributed by atoms with Crippen LogP contribution in [0.2, 0.25) is 0 Å². The highest BCUT2D eigenvalue weighted by Gasteiger charge is 2.06. The standard InChI is InChI=1S/C10H11NO4/c1-8-2-4-9(5-3-8)6-10(12)7-15-11(13)14/h2-5H,6-7H2,1H3. The van der Waals surface area contributed by atoms with E-state index in [0.717, 1.165) is 11.1 Å². The van der Waals surface area contributed by atoms with Gasteiger partial charge in [-0.2, -0.15) is 0 Å². The van der Waals surface area contributed by atoms with Gasteiger partial charge in [-0.05, 0) is 12.5 Å². The Hall–Kier alpha value is -1.91. The molecule has 15 heavy (non-hydrogen) atoms. The number of carbonyl (C=O) groups is 1. The lowest BCUT2D eigenvalue weighted by Gasteiger charge is -2.00. The monoisotopic (exact) mass is 209 g/mol. The Bertz CT molecular complexity index is 358. The quantitative estimate of drug-likeness (QED) is 0.541. The molecule has 0 radical (unpaired) electrons. The number of hydrogen-bond donors (Lipinski definition) is 0. The van der Waals surface area contributed by atoms with Crippen LogP contribution in [0, 0.1) is 17.0 Å². The first-order valence-corrected chi connectivity index (χ1v) is 4.42. The van der Waals surface area contributed by atoms with Crippen LogP contribution in [0.4, 0.5) is 0 Å². The summed E-state index contributed by atoms with van der Waals surface area (Å²) in [4.78, 5) is 25.0. The summed E-state index contributed by atoms with van der Waals surface area (Å²) in [6.07, 6.45) is 0.161. The van der Waals surface area contributed by atoms with Crippen LogP contribution in [0.15, 0.2) is 24.3 Å². The minimum absolute atomic E-state index is 0.161. The van der Waals surface area contributed by atoms with E-state index in [2.05, 4.69) is 4.84 Å². The number of nitrogens with zero attached hydrogens (tertiary/aromatic N) is 1. The van der Waals surface area contributed by atoms with E-state index in [9.17, 15) is 14.9 Å². The Kier molecular flexibility index (Phi) is 3.79. The van der Waals surface area contributed by atoms with Gasteiger partial charge in [0.2, 0.25) is 0 Å². The maximum Gasteiger partial charge on any atom is 0.294 e. The van der Waals surface area contributed by atoms with Crippen molar-refractivity contribution < 1.29 is 14.7 Å². The summed E-state index contributed by atoms with van der Waals surface area (Å²) in [7, 11) is 0. The first-order valence-electron chi connectivity index (χ1n) is 4.42. The molecule has 0 atom stereocenters. The van der Waals surface area contributed by atoms with Gasteiger partial charge in [-0.15, -0.1) is 10.1 Å². The van der Waals surface area contributed by atoms with Crippen molar-refractivity contribution in [1.29, 1.82) is 0 Å². The lowest BCUT2D eigenvalue weighted by Crippen LogP contribution is -2.14. The second-order valence-electron chi connectivity index (χ2n) is 3.20. The van der Waals surface area contributed by atoms with E-state index < -0.39 is 11.7 Å². The second-order valence-corrected chi connectivity index (χ2v) is 3.20. The molecular weight excluding hydrogens is 198 g/mol. The normalized spacial score (nSPS) is 9.67. The third-order valence-corrected chi connectivity index (χ3v) is 1.85. The van der Waals surface area contributed by atoms with Crippen LogP contribution in [0.5, 0.6) is 0 Å². The summed E-state index contributed by atoms with van der Waals surface area (Å²) >= 11 is 0. The Morgan fingerprint density at radius 2 is 2.00 bits per heavy atom. The Balaban J connectivity index is 2.44. The van der Waals surface area contributed by atoms with Gasteiger partial charge in [-0.3, -0.25) is 4.79 Å². The van der Waals surface area contributed by atoms with Crippen LogP contribution in [-0.4, -0.2) is 17.5 Å². The van der Waals surface area contributed by atoms with Gasteiger partial charge in [0, 0.05) is 6.42 Å². The van der Waals surface area contributed by atoms with Crippen molar-refractivity contribution in [3.05, 3.63) is 45.5 Å². The van der Waals surface area contributed by atoms with E-state index in [4.69, 9.17) is 0 Å². The van der Waals surface area contributed by atoms with Gasteiger partial charge in [0.15, 0.2) is 12.4 Å². The van der Waals surface area contributed by atoms with Crippen molar-refractivity contribution in [2.45, 2.75) is 13.3 Å². The lowest BCUT2D eigenvalue weighted by atomic mass is 10.1. The molecule has 0 aliphatic rings. The van der Waals surface area contributed by atoms with E-state index in [-0.39, 0.29) is 12.2 Å². The molecule has 0 aromatic heterocycles. The number of ketones is 1. The summed E-state index contributed by atoms with van der Waals surface area (Å²) in [5.74, 6) is -0.310. The highest BCUT2D eigenvalue weighted by molar-refractivity contribution is 5.81. The second kappa shape index (κ2) is 5.09. The van der Waals surface area contributed by atoms with Crippen molar-refractivity contribution in [2.24, 2.45) is 0 Å². The average Bonchev–Trinajstić information content (AvgIpc) is 2.19. The Morgan fingerprint density at radius 3 is 2.53 bits per heavy atom. The zero-order valence-corrected chi connectivity index (χ0v) is 8.30. The molecule has 0 N–H and O–H groups in total. The molecular formula is C10H11NO4. The minimum atomic E-state index is -0.965. The van der Waals surface area contributed by atoms with Crippen LogP contribution in [0.3, 0.4) is 0 Å². The summed E-state index contributed by atoms with van der Waals surface area (Å²) in [5, 5.41) is 8.87. The SMILES string of the molecule is Cc1ccc(CC(=O)CO[N+](=O)[O-])cc1. The number of carbonyl (C=O) groups excluding carboxylic acids is 1. The fraction of sp³-hybridized carbons (Fsp3) is 0.300. The molecule has 0 bridgehead atoms. The fourth-order valence-corrected chi connectivity index (χ4v) is 1.11. The molecule has 0 aliphatic carbocycles. The number of rotatable bonds is 5. The summed E-state index contributed by atoms with van der Waals surface area (Å²) in [6.45, 7) is 1.46. The molecule has 1 rings (SSSR count). The topological polar surface area (TPSA) is 69.4 Å². The number of aryl methyl sites for hydroxylation is 1. The Labute approximate surface area is 86.8 Å². The van der Waals surface area contributed by atoms with Crippen molar-refractivity contribution in [2.75, 3.05) is 6.61 Å². The third kappa shape index (κ3) is 4.21. The van der Waals surface area contributed by atoms with Gasteiger partial charge in [0.1, 0.15) is 0 Å². The third-order valence-electron chi connectivity index (χ3n) is 1.85. The van der Waals surface area contributed by atoms with E-state index >= 15 is 0 Å². The molecule has 0 heterocycles. The number of Topliss-reactive ketones (excluding diaryl/α,β-unsaturated/α-hetero) is 1. The maximum absolute atomic E-state index is 11.2. The van der Waals surface area contributed by atoms with Gasteiger partial charge in [0.05, 0.1) is 0 Å². The van der Waals surface area contributed by atoms with Crippen LogP contribution < -0.4 is 0 Å². The highest BCUT2D eigenvalue weighted by atomic mass is 16.9. The van der Waals surface area contributed by atoms with Crippen molar-refractivity contribution >= 4 is 5.78 Å². The number of benzene rings is 1. The van der Waals surface area contributed by atoms with Gasteiger partial charge < -0.3 is 4.84 Å². The van der Waals surface area contributed by atoms with Crippen molar-refractivity contribution in [3.8, 4) is 0 Å². The van der Waals surface area contributed by atoms with Crippen LogP contribution in [-0.2, 0) is 16.1 Å². The molecule has 5 heteroatoms. The van der Waals surface area contributed by atoms with Crippen molar-refractivity contribution in [1.82, 2.24) is 0 Å². The first kappa shape index (κ1) is 11.2. The predicted octanol–water partition coefficient (Wildman–Crippen LogP) is 1.31. The van der Waals surface area contributed by atoms with Gasteiger partial charge in [0.25, 0.3) is 5.09 Å². The molecule has 0 amide bonds. The molecule has 0 unspecified atom stereocenters. The van der Waals surface area contributed by atoms with Crippen LogP contribution in [0.1, 0.15) is 11.1 Å². The molecule has 0 saturated carbocycles. The minimum Gasteiger partial charge on any atom is -0.306 e. The van der Waals surface area contributed by atoms with Gasteiger partial charge in [-0.1, -0.05) is 29.8 Å². The lowest BCUT2D eigenvalue weighted by molar-refractivity contribution is -0.754. The number of hydrogen-bond acceptors (Lipinski definition) is 4. The van der Waals surface area contributed by atoms with Gasteiger partial charge in [-0.25, -0.2) is 0 Å². The van der Waals surface area contributed by atoms with E-state index in [1.807, 2.05) is 31.2 Å².